The van der Waals surface area contributed by atoms with Crippen LogP contribution in [-0.4, -0.2) is 48.8 Å². The van der Waals surface area contributed by atoms with E-state index in [4.69, 9.17) is 4.74 Å². The number of anilines is 1. The van der Waals surface area contributed by atoms with Crippen LogP contribution < -0.4 is 9.64 Å². The molecule has 2 heterocycles. The second kappa shape index (κ2) is 10.3. The Hall–Kier alpha value is -3.25. The van der Waals surface area contributed by atoms with Gasteiger partial charge in [0.15, 0.2) is 5.17 Å². The van der Waals surface area contributed by atoms with Gasteiger partial charge >= 0.3 is 0 Å². The van der Waals surface area contributed by atoms with E-state index in [-0.39, 0.29) is 5.91 Å². The van der Waals surface area contributed by atoms with Gasteiger partial charge in [-0.1, -0.05) is 67.9 Å². The molecule has 0 bridgehead atoms. The van der Waals surface area contributed by atoms with Gasteiger partial charge in [-0.25, -0.2) is 0 Å². The van der Waals surface area contributed by atoms with Gasteiger partial charge in [0.1, 0.15) is 5.75 Å². The maximum absolute atomic E-state index is 12.7. The lowest BCUT2D eigenvalue weighted by molar-refractivity contribution is -0.113. The number of amidine groups is 1. The van der Waals surface area contributed by atoms with Gasteiger partial charge in [0.25, 0.3) is 5.91 Å². The van der Waals surface area contributed by atoms with Crippen LogP contribution in [0.2, 0.25) is 0 Å². The Morgan fingerprint density at radius 3 is 2.53 bits per heavy atom. The second-order valence-corrected chi connectivity index (χ2v) is 9.53. The predicted molar refractivity (Wildman–Crippen MR) is 143 cm³/mol. The molecular formula is C28H29N3O2S. The number of fused-ring (bicyclic) bond motifs is 1. The summed E-state index contributed by atoms with van der Waals surface area (Å²) in [6.45, 7) is 6.30. The van der Waals surface area contributed by atoms with Crippen molar-refractivity contribution in [2.24, 2.45) is 4.99 Å². The molecule has 2 aliphatic rings. The molecule has 3 aromatic carbocycles. The molecule has 0 N–H and O–H groups in total. The molecule has 0 radical (unpaired) electrons. The highest BCUT2D eigenvalue weighted by molar-refractivity contribution is 8.18. The van der Waals surface area contributed by atoms with E-state index in [2.05, 4.69) is 64.2 Å². The summed E-state index contributed by atoms with van der Waals surface area (Å²) < 4.78 is 5.93. The van der Waals surface area contributed by atoms with Crippen molar-refractivity contribution in [2.45, 2.75) is 19.8 Å². The van der Waals surface area contributed by atoms with Gasteiger partial charge in [-0.2, -0.15) is 4.99 Å². The van der Waals surface area contributed by atoms with E-state index in [9.17, 15) is 4.79 Å². The molecule has 3 aromatic rings. The number of aliphatic imine (C=N–C) groups is 1. The zero-order valence-corrected chi connectivity index (χ0v) is 20.3. The number of nitrogens with zero attached hydrogens (tertiary/aromatic N) is 3. The molecule has 1 amide bonds. The fourth-order valence-electron chi connectivity index (χ4n) is 4.35. The number of piperazine rings is 1. The molecule has 0 unspecified atom stereocenters. The molecule has 0 aliphatic carbocycles. The summed E-state index contributed by atoms with van der Waals surface area (Å²) in [5.41, 5.74) is 2.20. The minimum absolute atomic E-state index is 0.167. The third-order valence-corrected chi connectivity index (χ3v) is 7.27. The van der Waals surface area contributed by atoms with Gasteiger partial charge in [0.2, 0.25) is 0 Å². The van der Waals surface area contributed by atoms with Crippen molar-refractivity contribution in [1.29, 1.82) is 0 Å². The Bertz CT molecular complexity index is 1240. The predicted octanol–water partition coefficient (Wildman–Crippen LogP) is 5.81. The quantitative estimate of drug-likeness (QED) is 0.335. The monoisotopic (exact) mass is 471 g/mol. The number of rotatable bonds is 6. The summed E-state index contributed by atoms with van der Waals surface area (Å²) in [6, 6.07) is 22.9. The third-order valence-electron chi connectivity index (χ3n) is 6.23. The summed E-state index contributed by atoms with van der Waals surface area (Å²) in [7, 11) is 0. The van der Waals surface area contributed by atoms with Crippen molar-refractivity contribution in [3.63, 3.8) is 0 Å². The Labute approximate surface area is 205 Å². The maximum Gasteiger partial charge on any atom is 0.286 e. The van der Waals surface area contributed by atoms with E-state index in [1.54, 1.807) is 0 Å². The summed E-state index contributed by atoms with van der Waals surface area (Å²) >= 11 is 1.47. The average Bonchev–Trinajstić information content (AvgIpc) is 3.25. The Kier molecular flexibility index (Phi) is 6.86. The van der Waals surface area contributed by atoms with E-state index in [0.717, 1.165) is 55.5 Å². The molecule has 0 saturated carbocycles. The van der Waals surface area contributed by atoms with Crippen LogP contribution in [0.4, 0.5) is 5.69 Å². The zero-order chi connectivity index (χ0) is 23.3. The van der Waals surface area contributed by atoms with Gasteiger partial charge in [-0.3, -0.25) is 4.79 Å². The fourth-order valence-corrected chi connectivity index (χ4v) is 5.31. The first-order valence-electron chi connectivity index (χ1n) is 11.9. The van der Waals surface area contributed by atoms with E-state index in [0.29, 0.717) is 11.5 Å². The lowest BCUT2D eigenvalue weighted by Crippen LogP contribution is -2.47. The molecule has 1 saturated heterocycles. The van der Waals surface area contributed by atoms with Crippen LogP contribution in [0, 0.1) is 0 Å². The molecule has 0 atom stereocenters. The topological polar surface area (TPSA) is 45.1 Å². The van der Waals surface area contributed by atoms with Crippen molar-refractivity contribution in [3.05, 3.63) is 77.2 Å². The van der Waals surface area contributed by atoms with Crippen molar-refractivity contribution in [2.75, 3.05) is 37.7 Å². The molecule has 174 valence electrons. The van der Waals surface area contributed by atoms with Gasteiger partial charge in [0, 0.05) is 42.8 Å². The largest absolute Gasteiger partial charge is 0.493 e. The summed E-state index contributed by atoms with van der Waals surface area (Å²) in [5.74, 6) is 0.647. The summed E-state index contributed by atoms with van der Waals surface area (Å²) in [6.07, 6.45) is 4.01. The summed E-state index contributed by atoms with van der Waals surface area (Å²) in [5, 5.41) is 3.35. The number of hydrogen-bond donors (Lipinski definition) is 0. The maximum atomic E-state index is 12.7. The minimum Gasteiger partial charge on any atom is -0.493 e. The van der Waals surface area contributed by atoms with Gasteiger partial charge in [-0.05, 0) is 41.8 Å². The van der Waals surface area contributed by atoms with E-state index in [1.165, 1.54) is 28.2 Å². The van der Waals surface area contributed by atoms with Crippen LogP contribution >= 0.6 is 11.8 Å². The molecule has 5 nitrogen and oxygen atoms in total. The number of hydrogen-bond acceptors (Lipinski definition) is 5. The Morgan fingerprint density at radius 2 is 1.68 bits per heavy atom. The molecule has 5 rings (SSSR count). The number of para-hydroxylation sites is 1. The number of amides is 1. The van der Waals surface area contributed by atoms with Crippen molar-refractivity contribution in [1.82, 2.24) is 4.90 Å². The van der Waals surface area contributed by atoms with E-state index < -0.39 is 0 Å². The lowest BCUT2D eigenvalue weighted by atomic mass is 10.1. The number of benzene rings is 3. The molecule has 1 fully saturated rings. The van der Waals surface area contributed by atoms with Crippen LogP contribution in [-0.2, 0) is 4.79 Å². The molecule has 0 spiro atoms. The number of carbonyl (C=O) groups is 1. The van der Waals surface area contributed by atoms with Crippen molar-refractivity contribution in [3.8, 4) is 5.75 Å². The van der Waals surface area contributed by atoms with E-state index >= 15 is 0 Å². The third kappa shape index (κ3) is 4.82. The first-order chi connectivity index (χ1) is 16.7. The molecule has 34 heavy (non-hydrogen) atoms. The Balaban J connectivity index is 1.25. The SMILES string of the molecule is CCCCOc1ccccc1/C=C1/SC(N2CCN(c3cccc4ccccc34)CC2)=NC1=O. The van der Waals surface area contributed by atoms with Crippen LogP contribution in [0.1, 0.15) is 25.3 Å². The van der Waals surface area contributed by atoms with Gasteiger partial charge in [-0.15, -0.1) is 0 Å². The fraction of sp³-hybridized carbons (Fsp3) is 0.286. The minimum atomic E-state index is -0.167. The van der Waals surface area contributed by atoms with Crippen LogP contribution in [0.3, 0.4) is 0 Å². The highest BCUT2D eigenvalue weighted by Gasteiger charge is 2.29. The van der Waals surface area contributed by atoms with Crippen LogP contribution in [0.5, 0.6) is 5.75 Å². The van der Waals surface area contributed by atoms with Crippen molar-refractivity contribution >= 4 is 45.4 Å². The molecule has 0 aromatic heterocycles. The lowest BCUT2D eigenvalue weighted by Gasteiger charge is -2.37. The smallest absolute Gasteiger partial charge is 0.286 e. The van der Waals surface area contributed by atoms with Crippen LogP contribution in [0.15, 0.2) is 76.6 Å². The number of carbonyl (C=O) groups excluding carboxylic acids is 1. The van der Waals surface area contributed by atoms with Crippen molar-refractivity contribution < 1.29 is 9.53 Å². The van der Waals surface area contributed by atoms with Crippen LogP contribution in [0.25, 0.3) is 16.8 Å². The van der Waals surface area contributed by atoms with Gasteiger partial charge < -0.3 is 14.5 Å². The summed E-state index contributed by atoms with van der Waals surface area (Å²) in [4.78, 5) is 22.4. The first kappa shape index (κ1) is 22.5. The number of unbranched alkanes of at least 4 members (excludes halogenated alkanes) is 1. The molecule has 2 aliphatic heterocycles. The van der Waals surface area contributed by atoms with Gasteiger partial charge in [0.05, 0.1) is 11.5 Å². The Morgan fingerprint density at radius 1 is 0.941 bits per heavy atom. The number of thioether (sulfide) groups is 1. The highest BCUT2D eigenvalue weighted by Crippen LogP contribution is 2.34. The normalized spacial score (nSPS) is 17.5. The average molecular weight is 472 g/mol. The van der Waals surface area contributed by atoms with E-state index in [1.807, 2.05) is 30.3 Å². The standard InChI is InChI=1S/C28H29N3O2S/c1-2-3-19-33-25-14-7-5-10-22(25)20-26-27(32)29-28(34-26)31-17-15-30(16-18-31)24-13-8-11-21-9-4-6-12-23(21)24/h4-14,20H,2-3,15-19H2,1H3/b26-20+. The zero-order valence-electron chi connectivity index (χ0n) is 19.4. The number of ether oxygens (including phenoxy) is 1. The highest BCUT2D eigenvalue weighted by atomic mass is 32.2. The molecule has 6 heteroatoms. The molecular weight excluding hydrogens is 442 g/mol. The second-order valence-electron chi connectivity index (χ2n) is 8.52. The first-order valence-corrected chi connectivity index (χ1v) is 12.8.